The number of hydrogen-bond acceptors (Lipinski definition) is 4. The van der Waals surface area contributed by atoms with Crippen molar-refractivity contribution in [2.75, 3.05) is 5.32 Å². The van der Waals surface area contributed by atoms with E-state index in [1.165, 1.54) is 0 Å². The van der Waals surface area contributed by atoms with Crippen molar-refractivity contribution in [3.63, 3.8) is 0 Å². The summed E-state index contributed by atoms with van der Waals surface area (Å²) in [5.41, 5.74) is 1.70. The number of anilines is 2. The lowest BCUT2D eigenvalue weighted by Crippen LogP contribution is -1.98. The van der Waals surface area contributed by atoms with Crippen LogP contribution in [0, 0.1) is 6.92 Å². The van der Waals surface area contributed by atoms with E-state index in [1.807, 2.05) is 49.5 Å². The van der Waals surface area contributed by atoms with E-state index >= 15 is 0 Å². The second-order valence-electron chi connectivity index (χ2n) is 5.16. The molecule has 0 saturated heterocycles. The SMILES string of the molecule is Cc1nc(Nc2cccc3c(O)cccc23)c2cc[nH]c2n1. The van der Waals surface area contributed by atoms with Crippen molar-refractivity contribution in [2.45, 2.75) is 6.92 Å². The number of phenols is 1. The molecule has 2 aromatic heterocycles. The Hall–Kier alpha value is -3.08. The monoisotopic (exact) mass is 290 g/mol. The summed E-state index contributed by atoms with van der Waals surface area (Å²) in [5.74, 6) is 1.71. The van der Waals surface area contributed by atoms with Gasteiger partial charge < -0.3 is 15.4 Å². The molecule has 5 heteroatoms. The highest BCUT2D eigenvalue weighted by Gasteiger charge is 2.09. The maximum atomic E-state index is 9.99. The number of H-pyrrole nitrogens is 1. The quantitative estimate of drug-likeness (QED) is 0.524. The topological polar surface area (TPSA) is 73.8 Å². The zero-order chi connectivity index (χ0) is 15.1. The van der Waals surface area contributed by atoms with Gasteiger partial charge in [0, 0.05) is 22.7 Å². The summed E-state index contributed by atoms with van der Waals surface area (Å²) < 4.78 is 0. The number of nitrogens with one attached hydrogen (secondary N) is 2. The minimum Gasteiger partial charge on any atom is -0.507 e. The number of aromatic amines is 1. The Balaban J connectivity index is 1.90. The lowest BCUT2D eigenvalue weighted by atomic mass is 10.1. The van der Waals surface area contributed by atoms with Gasteiger partial charge in [-0.15, -0.1) is 0 Å². The number of rotatable bonds is 2. The second-order valence-corrected chi connectivity index (χ2v) is 5.16. The molecule has 0 atom stereocenters. The third kappa shape index (κ3) is 1.95. The third-order valence-electron chi connectivity index (χ3n) is 3.68. The van der Waals surface area contributed by atoms with Gasteiger partial charge in [0.15, 0.2) is 0 Å². The zero-order valence-corrected chi connectivity index (χ0v) is 12.0. The van der Waals surface area contributed by atoms with Crippen molar-refractivity contribution in [3.8, 4) is 5.75 Å². The van der Waals surface area contributed by atoms with E-state index < -0.39 is 0 Å². The Kier molecular flexibility index (Phi) is 2.72. The lowest BCUT2D eigenvalue weighted by Gasteiger charge is -2.11. The molecule has 0 bridgehead atoms. The maximum absolute atomic E-state index is 9.99. The fraction of sp³-hybridized carbons (Fsp3) is 0.0588. The van der Waals surface area contributed by atoms with Crippen LogP contribution in [0.2, 0.25) is 0 Å². The molecule has 22 heavy (non-hydrogen) atoms. The molecule has 2 aromatic carbocycles. The van der Waals surface area contributed by atoms with Crippen LogP contribution in [0.4, 0.5) is 11.5 Å². The molecule has 108 valence electrons. The first-order valence-corrected chi connectivity index (χ1v) is 7.02. The van der Waals surface area contributed by atoms with Gasteiger partial charge in [-0.25, -0.2) is 9.97 Å². The molecule has 0 unspecified atom stereocenters. The van der Waals surface area contributed by atoms with Crippen LogP contribution in [0.3, 0.4) is 0 Å². The van der Waals surface area contributed by atoms with Crippen LogP contribution in [0.15, 0.2) is 48.7 Å². The minimum atomic E-state index is 0.270. The molecule has 3 N–H and O–H groups in total. The molecule has 0 amide bonds. The summed E-state index contributed by atoms with van der Waals surface area (Å²) in [4.78, 5) is 12.0. The van der Waals surface area contributed by atoms with Gasteiger partial charge >= 0.3 is 0 Å². The van der Waals surface area contributed by atoms with Crippen LogP contribution in [-0.4, -0.2) is 20.1 Å². The summed E-state index contributed by atoms with van der Waals surface area (Å²) in [6.45, 7) is 1.86. The van der Waals surface area contributed by atoms with Crippen LogP contribution in [0.25, 0.3) is 21.8 Å². The number of aromatic nitrogens is 3. The highest BCUT2D eigenvalue weighted by atomic mass is 16.3. The maximum Gasteiger partial charge on any atom is 0.143 e. The fourth-order valence-electron chi connectivity index (χ4n) is 2.68. The summed E-state index contributed by atoms with van der Waals surface area (Å²) >= 11 is 0. The average molecular weight is 290 g/mol. The minimum absolute atomic E-state index is 0.270. The summed E-state index contributed by atoms with van der Waals surface area (Å²) in [6, 6.07) is 13.2. The van der Waals surface area contributed by atoms with Crippen molar-refractivity contribution in [3.05, 3.63) is 54.5 Å². The first-order valence-electron chi connectivity index (χ1n) is 7.02. The molecule has 4 aromatic rings. The smallest absolute Gasteiger partial charge is 0.143 e. The van der Waals surface area contributed by atoms with Gasteiger partial charge in [-0.2, -0.15) is 0 Å². The van der Waals surface area contributed by atoms with Crippen LogP contribution < -0.4 is 5.32 Å². The summed E-state index contributed by atoms with van der Waals surface area (Å²) in [7, 11) is 0. The van der Waals surface area contributed by atoms with E-state index in [4.69, 9.17) is 0 Å². The Morgan fingerprint density at radius 1 is 0.955 bits per heavy atom. The van der Waals surface area contributed by atoms with Crippen LogP contribution >= 0.6 is 0 Å². The molecule has 0 radical (unpaired) electrons. The molecule has 0 aliphatic carbocycles. The van der Waals surface area contributed by atoms with Crippen molar-refractivity contribution in [1.29, 1.82) is 0 Å². The predicted molar refractivity (Wildman–Crippen MR) is 87.5 cm³/mol. The summed E-state index contributed by atoms with van der Waals surface area (Å²) in [6.07, 6.45) is 1.85. The predicted octanol–water partition coefficient (Wildman–Crippen LogP) is 3.87. The van der Waals surface area contributed by atoms with Crippen LogP contribution in [0.5, 0.6) is 5.75 Å². The van der Waals surface area contributed by atoms with E-state index in [1.54, 1.807) is 6.07 Å². The number of hydrogen-bond donors (Lipinski definition) is 3. The Bertz CT molecular complexity index is 990. The molecule has 0 spiro atoms. The van der Waals surface area contributed by atoms with E-state index in [-0.39, 0.29) is 5.75 Å². The average Bonchev–Trinajstić information content (AvgIpc) is 2.96. The second kappa shape index (κ2) is 4.73. The normalized spacial score (nSPS) is 11.1. The van der Waals surface area contributed by atoms with E-state index in [9.17, 15) is 5.11 Å². The standard InChI is InChI=1S/C17H14N4O/c1-10-19-16-13(8-9-18-16)17(20-10)21-14-6-2-5-12-11(14)4-3-7-15(12)22/h2-9,22H,1H3,(H2,18,19,20,21). The Labute approximate surface area is 126 Å². The molecule has 0 saturated carbocycles. The Morgan fingerprint density at radius 2 is 1.77 bits per heavy atom. The third-order valence-corrected chi connectivity index (χ3v) is 3.68. The number of nitrogens with zero attached hydrogens (tertiary/aromatic N) is 2. The highest BCUT2D eigenvalue weighted by Crippen LogP contribution is 2.32. The lowest BCUT2D eigenvalue weighted by molar-refractivity contribution is 0.481. The number of benzene rings is 2. The largest absolute Gasteiger partial charge is 0.507 e. The fourth-order valence-corrected chi connectivity index (χ4v) is 2.68. The molecule has 2 heterocycles. The van der Waals surface area contributed by atoms with Crippen molar-refractivity contribution >= 4 is 33.3 Å². The zero-order valence-electron chi connectivity index (χ0n) is 12.0. The van der Waals surface area contributed by atoms with Gasteiger partial charge in [0.25, 0.3) is 0 Å². The molecular formula is C17H14N4O. The number of aromatic hydroxyl groups is 1. The molecular weight excluding hydrogens is 276 g/mol. The van der Waals surface area contributed by atoms with Crippen LogP contribution in [-0.2, 0) is 0 Å². The number of phenolic OH excluding ortho intramolecular Hbond substituents is 1. The van der Waals surface area contributed by atoms with Crippen molar-refractivity contribution < 1.29 is 5.11 Å². The highest BCUT2D eigenvalue weighted by molar-refractivity contribution is 6.00. The molecule has 4 rings (SSSR count). The Morgan fingerprint density at radius 3 is 2.68 bits per heavy atom. The van der Waals surface area contributed by atoms with E-state index in [0.717, 1.165) is 33.3 Å². The molecule has 5 nitrogen and oxygen atoms in total. The van der Waals surface area contributed by atoms with Gasteiger partial charge in [0.05, 0.1) is 5.39 Å². The first kappa shape index (κ1) is 12.6. The first-order chi connectivity index (χ1) is 10.7. The molecule has 0 aliphatic rings. The van der Waals surface area contributed by atoms with Gasteiger partial charge in [-0.05, 0) is 25.1 Å². The van der Waals surface area contributed by atoms with Crippen molar-refractivity contribution in [2.24, 2.45) is 0 Å². The molecule has 0 aliphatic heterocycles. The number of aryl methyl sites for hydroxylation is 1. The van der Waals surface area contributed by atoms with Crippen LogP contribution in [0.1, 0.15) is 5.82 Å². The van der Waals surface area contributed by atoms with E-state index in [0.29, 0.717) is 5.82 Å². The summed E-state index contributed by atoms with van der Waals surface area (Å²) in [5, 5.41) is 16.0. The van der Waals surface area contributed by atoms with Gasteiger partial charge in [-0.3, -0.25) is 0 Å². The van der Waals surface area contributed by atoms with Gasteiger partial charge in [-0.1, -0.05) is 24.3 Å². The molecule has 0 fully saturated rings. The van der Waals surface area contributed by atoms with E-state index in [2.05, 4.69) is 20.3 Å². The number of fused-ring (bicyclic) bond motifs is 2. The van der Waals surface area contributed by atoms with Gasteiger partial charge in [0.2, 0.25) is 0 Å². The van der Waals surface area contributed by atoms with Crippen molar-refractivity contribution in [1.82, 2.24) is 15.0 Å². The van der Waals surface area contributed by atoms with Gasteiger partial charge in [0.1, 0.15) is 23.0 Å².